The summed E-state index contributed by atoms with van der Waals surface area (Å²) in [5.74, 6) is 1.98. The lowest BCUT2D eigenvalue weighted by Gasteiger charge is -2.18. The molecular formula is C29H26N6O9. The maximum atomic E-state index is 11.9. The second kappa shape index (κ2) is 12.1. The van der Waals surface area contributed by atoms with Gasteiger partial charge in [0, 0.05) is 36.3 Å². The van der Waals surface area contributed by atoms with Crippen molar-refractivity contribution in [3.8, 4) is 34.3 Å². The number of aromatic nitrogens is 2. The molecule has 226 valence electrons. The van der Waals surface area contributed by atoms with E-state index in [2.05, 4.69) is 15.3 Å². The van der Waals surface area contributed by atoms with Gasteiger partial charge in [0.2, 0.25) is 5.75 Å². The molecule has 1 atom stereocenters. The van der Waals surface area contributed by atoms with Gasteiger partial charge in [0.1, 0.15) is 23.1 Å². The predicted octanol–water partition coefficient (Wildman–Crippen LogP) is 6.56. The van der Waals surface area contributed by atoms with Gasteiger partial charge in [0.25, 0.3) is 5.69 Å². The van der Waals surface area contributed by atoms with Crippen molar-refractivity contribution in [2.45, 2.75) is 6.04 Å². The van der Waals surface area contributed by atoms with Gasteiger partial charge in [-0.1, -0.05) is 0 Å². The van der Waals surface area contributed by atoms with Gasteiger partial charge in [0.05, 0.1) is 56.1 Å². The molecule has 5 aromatic rings. The molecule has 0 amide bonds. The number of azo groups is 1. The van der Waals surface area contributed by atoms with Gasteiger partial charge in [-0.05, 0) is 35.9 Å². The Morgan fingerprint density at radius 2 is 1.64 bits per heavy atom. The van der Waals surface area contributed by atoms with Crippen molar-refractivity contribution in [1.29, 1.82) is 0 Å². The van der Waals surface area contributed by atoms with Crippen molar-refractivity contribution >= 4 is 28.0 Å². The molecule has 0 aliphatic carbocycles. The molecule has 3 aromatic carbocycles. The number of aryl methyl sites for hydroxylation is 1. The van der Waals surface area contributed by atoms with E-state index < -0.39 is 27.3 Å². The van der Waals surface area contributed by atoms with E-state index >= 15 is 0 Å². The fourth-order valence-corrected chi connectivity index (χ4v) is 4.77. The number of non-ortho nitro benzene ring substituents is 1. The number of furan rings is 1. The van der Waals surface area contributed by atoms with Gasteiger partial charge in [-0.15, -0.1) is 5.11 Å². The minimum Gasteiger partial charge on any atom is -0.497 e. The molecule has 0 fully saturated rings. The van der Waals surface area contributed by atoms with Crippen LogP contribution < -0.4 is 18.9 Å². The third-order valence-corrected chi connectivity index (χ3v) is 6.83. The molecule has 15 heteroatoms. The van der Waals surface area contributed by atoms with E-state index in [1.165, 1.54) is 34.5 Å². The van der Waals surface area contributed by atoms with Crippen molar-refractivity contribution in [1.82, 2.24) is 9.78 Å². The summed E-state index contributed by atoms with van der Waals surface area (Å²) >= 11 is 0. The lowest BCUT2D eigenvalue weighted by molar-refractivity contribution is -0.393. The number of rotatable bonds is 11. The number of fused-ring (bicyclic) bond motifs is 1. The van der Waals surface area contributed by atoms with Crippen LogP contribution in [0.4, 0.5) is 17.1 Å². The van der Waals surface area contributed by atoms with Gasteiger partial charge >= 0.3 is 5.69 Å². The molecule has 0 spiro atoms. The summed E-state index contributed by atoms with van der Waals surface area (Å²) in [5.41, 5.74) is 0.954. The minimum atomic E-state index is -0.969. The zero-order valence-electron chi connectivity index (χ0n) is 24.2. The maximum Gasteiger partial charge on any atom is 0.303 e. The molecule has 0 saturated carbocycles. The third-order valence-electron chi connectivity index (χ3n) is 6.83. The zero-order chi connectivity index (χ0) is 31.5. The number of nitro benzene ring substituents is 2. The van der Waals surface area contributed by atoms with E-state index in [1.807, 2.05) is 6.07 Å². The fraction of sp³-hybridized carbons (Fsp3) is 0.207. The molecule has 0 aliphatic heterocycles. The molecular weight excluding hydrogens is 576 g/mol. The van der Waals surface area contributed by atoms with Crippen molar-refractivity contribution < 1.29 is 33.2 Å². The number of nitrogens with zero attached hydrogens (tertiary/aromatic N) is 6. The van der Waals surface area contributed by atoms with Crippen LogP contribution >= 0.6 is 0 Å². The van der Waals surface area contributed by atoms with Crippen LogP contribution in [-0.4, -0.2) is 48.1 Å². The highest BCUT2D eigenvalue weighted by molar-refractivity contribution is 5.90. The van der Waals surface area contributed by atoms with Crippen molar-refractivity contribution in [3.63, 3.8) is 0 Å². The summed E-state index contributed by atoms with van der Waals surface area (Å²) in [4.78, 5) is 21.7. The summed E-state index contributed by atoms with van der Waals surface area (Å²) < 4.78 is 30.0. The molecule has 2 aromatic heterocycles. The molecule has 0 N–H and O–H groups in total. The summed E-state index contributed by atoms with van der Waals surface area (Å²) in [6, 6.07) is 10.8. The van der Waals surface area contributed by atoms with E-state index in [9.17, 15) is 20.2 Å². The van der Waals surface area contributed by atoms with Gasteiger partial charge in [0.15, 0.2) is 17.2 Å². The quantitative estimate of drug-likeness (QED) is 0.0913. The molecule has 0 aliphatic rings. The Morgan fingerprint density at radius 1 is 0.909 bits per heavy atom. The van der Waals surface area contributed by atoms with E-state index in [0.717, 1.165) is 12.1 Å². The van der Waals surface area contributed by atoms with Crippen LogP contribution in [-0.2, 0) is 7.05 Å². The number of hydrogen-bond donors (Lipinski definition) is 0. The van der Waals surface area contributed by atoms with Gasteiger partial charge in [-0.25, -0.2) is 0 Å². The highest BCUT2D eigenvalue weighted by Crippen LogP contribution is 2.47. The maximum absolute atomic E-state index is 11.9. The third kappa shape index (κ3) is 5.45. The SMILES string of the molecule is COc1ccc2c(C(N=Nc3ccc([N+](=O)[O-])cc3[N+](=O)[O-])c3cc(OC)c(OC)c(OC)c3)c(-c3cnn(C)c3)oc2c1. The summed E-state index contributed by atoms with van der Waals surface area (Å²) in [7, 11) is 7.72. The Labute approximate surface area is 249 Å². The van der Waals surface area contributed by atoms with E-state index in [4.69, 9.17) is 23.4 Å². The van der Waals surface area contributed by atoms with Crippen LogP contribution in [0.15, 0.2) is 75.6 Å². The first-order valence-corrected chi connectivity index (χ1v) is 12.9. The van der Waals surface area contributed by atoms with Crippen molar-refractivity contribution in [2.75, 3.05) is 28.4 Å². The number of nitro groups is 2. The lowest BCUT2D eigenvalue weighted by atomic mass is 9.94. The number of hydrogen-bond acceptors (Lipinski definition) is 12. The fourth-order valence-electron chi connectivity index (χ4n) is 4.77. The topological polar surface area (TPSA) is 179 Å². The average molecular weight is 603 g/mol. The Kier molecular flexibility index (Phi) is 8.10. The first kappa shape index (κ1) is 29.5. The molecule has 15 nitrogen and oxygen atoms in total. The lowest BCUT2D eigenvalue weighted by Crippen LogP contribution is -2.03. The van der Waals surface area contributed by atoms with Crippen LogP contribution in [0.3, 0.4) is 0 Å². The standard InChI is InChI=1S/C29H26N6O9/c1-33-15-17(14-30-33)28-26(20-8-7-19(40-2)13-23(20)44-28)27(16-10-24(41-3)29(43-5)25(11-16)42-4)32-31-21-9-6-18(34(36)37)12-22(21)35(38)39/h6-15,27H,1-5H3. The minimum absolute atomic E-state index is 0.185. The molecule has 2 heterocycles. The first-order chi connectivity index (χ1) is 21.2. The van der Waals surface area contributed by atoms with Gasteiger partial charge in [-0.2, -0.15) is 10.2 Å². The molecule has 0 saturated heterocycles. The monoisotopic (exact) mass is 602 g/mol. The van der Waals surface area contributed by atoms with Crippen LogP contribution in [0, 0.1) is 20.2 Å². The summed E-state index contributed by atoms with van der Waals surface area (Å²) in [5, 5.41) is 36.9. The van der Waals surface area contributed by atoms with Gasteiger partial charge < -0.3 is 23.4 Å². The predicted molar refractivity (Wildman–Crippen MR) is 157 cm³/mol. The Morgan fingerprint density at radius 3 is 2.20 bits per heavy atom. The molecule has 5 rings (SSSR count). The highest BCUT2D eigenvalue weighted by Gasteiger charge is 2.29. The Bertz CT molecular complexity index is 1890. The van der Waals surface area contributed by atoms with Crippen LogP contribution in [0.25, 0.3) is 22.3 Å². The molecule has 44 heavy (non-hydrogen) atoms. The highest BCUT2D eigenvalue weighted by atomic mass is 16.6. The smallest absolute Gasteiger partial charge is 0.303 e. The Balaban J connectivity index is 1.82. The molecule has 0 bridgehead atoms. The van der Waals surface area contributed by atoms with E-state index in [-0.39, 0.29) is 5.69 Å². The number of ether oxygens (including phenoxy) is 4. The number of methoxy groups -OCH3 is 4. The molecule has 0 radical (unpaired) electrons. The summed E-state index contributed by atoms with van der Waals surface area (Å²) in [6.07, 6.45) is 3.39. The Hall–Kier alpha value is -5.99. The van der Waals surface area contributed by atoms with E-state index in [0.29, 0.717) is 56.4 Å². The largest absolute Gasteiger partial charge is 0.497 e. The number of benzene rings is 3. The summed E-state index contributed by atoms with van der Waals surface area (Å²) in [6.45, 7) is 0. The van der Waals surface area contributed by atoms with Crippen LogP contribution in [0.2, 0.25) is 0 Å². The van der Waals surface area contributed by atoms with E-state index in [1.54, 1.807) is 48.4 Å². The van der Waals surface area contributed by atoms with Crippen LogP contribution in [0.5, 0.6) is 23.0 Å². The van der Waals surface area contributed by atoms with Crippen LogP contribution in [0.1, 0.15) is 17.2 Å². The second-order valence-corrected chi connectivity index (χ2v) is 9.37. The zero-order valence-corrected chi connectivity index (χ0v) is 24.2. The second-order valence-electron chi connectivity index (χ2n) is 9.37. The molecule has 1 unspecified atom stereocenters. The average Bonchev–Trinajstić information content (AvgIpc) is 3.63. The normalized spacial score (nSPS) is 11.9. The first-order valence-electron chi connectivity index (χ1n) is 12.9. The van der Waals surface area contributed by atoms with Gasteiger partial charge in [-0.3, -0.25) is 24.9 Å². The van der Waals surface area contributed by atoms with Crippen molar-refractivity contribution in [3.05, 3.63) is 92.3 Å². The van der Waals surface area contributed by atoms with Crippen molar-refractivity contribution in [2.24, 2.45) is 17.3 Å².